The number of hydrogen-bond donors (Lipinski definition) is 3. The molecule has 0 unspecified atom stereocenters. The molecule has 122 valence electrons. The molecule has 0 aliphatic rings. The summed E-state index contributed by atoms with van der Waals surface area (Å²) in [7, 11) is 0. The number of carboxylic acid groups (broad SMARTS) is 1. The molecule has 4 heteroatoms. The molecule has 2 rings (SSSR count). The summed E-state index contributed by atoms with van der Waals surface area (Å²) < 4.78 is 0. The number of hydrogen-bond acceptors (Lipinski definition) is 3. The van der Waals surface area contributed by atoms with Crippen LogP contribution in [0, 0.1) is 13.8 Å². The Kier molecular flexibility index (Phi) is 4.64. The third-order valence-electron chi connectivity index (χ3n) is 4.37. The Bertz CT molecular complexity index is 683. The molecule has 2 aromatic rings. The number of carboxylic acids is 1. The maximum absolute atomic E-state index is 12.3. The van der Waals surface area contributed by atoms with Gasteiger partial charge in [0.25, 0.3) is 0 Å². The van der Waals surface area contributed by atoms with Crippen LogP contribution in [-0.4, -0.2) is 21.3 Å². The van der Waals surface area contributed by atoms with Gasteiger partial charge in [0.1, 0.15) is 16.9 Å². The molecular weight excluding hydrogens is 292 g/mol. The van der Waals surface area contributed by atoms with Gasteiger partial charge in [-0.1, -0.05) is 37.6 Å². The van der Waals surface area contributed by atoms with E-state index in [0.29, 0.717) is 35.1 Å². The zero-order valence-corrected chi connectivity index (χ0v) is 13.6. The van der Waals surface area contributed by atoms with Crippen molar-refractivity contribution < 1.29 is 20.1 Å². The Hall–Kier alpha value is -2.49. The molecular formula is C19H22O4. The van der Waals surface area contributed by atoms with Gasteiger partial charge in [0.05, 0.1) is 0 Å². The summed E-state index contributed by atoms with van der Waals surface area (Å²) in [6, 6.07) is 9.84. The molecule has 0 aliphatic heterocycles. The maximum atomic E-state index is 12.3. The summed E-state index contributed by atoms with van der Waals surface area (Å²) in [5.74, 6) is -0.646. The number of phenols is 2. The van der Waals surface area contributed by atoms with Crippen molar-refractivity contribution in [3.63, 3.8) is 0 Å². The standard InChI is InChI=1S/C19H22O4/c1-4-9-19(18(22)23,14-5-7-16(20)12(2)10-14)15-6-8-17(21)13(3)11-15/h5-8,10-11,20-21H,4,9H2,1-3H3,(H,22,23). The number of carbonyl (C=O) groups is 1. The number of aryl methyl sites for hydroxylation is 2. The topological polar surface area (TPSA) is 77.8 Å². The van der Waals surface area contributed by atoms with Crippen LogP contribution in [0.1, 0.15) is 42.0 Å². The van der Waals surface area contributed by atoms with Gasteiger partial charge in [0.2, 0.25) is 0 Å². The molecule has 2 aromatic carbocycles. The number of phenolic OH excluding ortho intramolecular Hbond substituents is 2. The van der Waals surface area contributed by atoms with Crippen molar-refractivity contribution >= 4 is 5.97 Å². The predicted molar refractivity (Wildman–Crippen MR) is 89.0 cm³/mol. The normalized spacial score (nSPS) is 11.4. The second-order valence-electron chi connectivity index (χ2n) is 5.96. The van der Waals surface area contributed by atoms with Crippen molar-refractivity contribution in [3.8, 4) is 11.5 Å². The van der Waals surface area contributed by atoms with Gasteiger partial charge in [-0.05, 0) is 54.7 Å². The fourth-order valence-corrected chi connectivity index (χ4v) is 3.03. The Labute approximate surface area is 136 Å². The van der Waals surface area contributed by atoms with Gasteiger partial charge in [0.15, 0.2) is 0 Å². The third-order valence-corrected chi connectivity index (χ3v) is 4.37. The molecule has 0 aliphatic carbocycles. The van der Waals surface area contributed by atoms with Crippen LogP contribution in [-0.2, 0) is 10.2 Å². The molecule has 0 atom stereocenters. The summed E-state index contributed by atoms with van der Waals surface area (Å²) in [5, 5.41) is 29.6. The SMILES string of the molecule is CCCC(C(=O)O)(c1ccc(O)c(C)c1)c1ccc(O)c(C)c1. The summed E-state index contributed by atoms with van der Waals surface area (Å²) in [6.07, 6.45) is 1.11. The van der Waals surface area contributed by atoms with Crippen molar-refractivity contribution in [1.29, 1.82) is 0 Å². The van der Waals surface area contributed by atoms with Gasteiger partial charge < -0.3 is 15.3 Å². The lowest BCUT2D eigenvalue weighted by Gasteiger charge is -2.31. The first-order valence-electron chi connectivity index (χ1n) is 7.66. The summed E-state index contributed by atoms with van der Waals surface area (Å²) in [5.41, 5.74) is 1.34. The Morgan fingerprint density at radius 1 is 0.957 bits per heavy atom. The lowest BCUT2D eigenvalue weighted by atomic mass is 9.70. The number of rotatable bonds is 5. The Morgan fingerprint density at radius 2 is 1.39 bits per heavy atom. The summed E-state index contributed by atoms with van der Waals surface area (Å²) in [4.78, 5) is 12.3. The first kappa shape index (κ1) is 16.9. The van der Waals surface area contributed by atoms with Gasteiger partial charge in [-0.25, -0.2) is 0 Å². The molecule has 0 aromatic heterocycles. The largest absolute Gasteiger partial charge is 0.508 e. The van der Waals surface area contributed by atoms with Gasteiger partial charge in [-0.15, -0.1) is 0 Å². The first-order valence-corrected chi connectivity index (χ1v) is 7.66. The summed E-state index contributed by atoms with van der Waals surface area (Å²) >= 11 is 0. The minimum atomic E-state index is -1.20. The highest BCUT2D eigenvalue weighted by Gasteiger charge is 2.41. The van der Waals surface area contributed by atoms with E-state index in [1.165, 1.54) is 12.1 Å². The molecule has 0 spiro atoms. The van der Waals surface area contributed by atoms with E-state index < -0.39 is 11.4 Å². The lowest BCUT2D eigenvalue weighted by Crippen LogP contribution is -2.37. The van der Waals surface area contributed by atoms with E-state index in [2.05, 4.69) is 0 Å². The van der Waals surface area contributed by atoms with Crippen molar-refractivity contribution in [2.24, 2.45) is 0 Å². The molecule has 0 radical (unpaired) electrons. The predicted octanol–water partition coefficient (Wildman–Crippen LogP) is 3.89. The van der Waals surface area contributed by atoms with Crippen LogP contribution in [0.2, 0.25) is 0 Å². The van der Waals surface area contributed by atoms with Gasteiger partial charge >= 0.3 is 5.97 Å². The van der Waals surface area contributed by atoms with E-state index in [-0.39, 0.29) is 11.5 Å². The third kappa shape index (κ3) is 2.89. The van der Waals surface area contributed by atoms with Crippen LogP contribution in [0.3, 0.4) is 0 Å². The molecule has 0 fully saturated rings. The van der Waals surface area contributed by atoms with E-state index in [4.69, 9.17) is 0 Å². The molecule has 0 saturated carbocycles. The zero-order chi connectivity index (χ0) is 17.2. The second-order valence-corrected chi connectivity index (χ2v) is 5.96. The highest BCUT2D eigenvalue weighted by atomic mass is 16.4. The maximum Gasteiger partial charge on any atom is 0.318 e. The molecule has 0 saturated heterocycles. The smallest absolute Gasteiger partial charge is 0.318 e. The second kappa shape index (κ2) is 6.32. The average Bonchev–Trinajstić information content (AvgIpc) is 2.50. The van der Waals surface area contributed by atoms with Crippen LogP contribution < -0.4 is 0 Å². The molecule has 3 N–H and O–H groups in total. The highest BCUT2D eigenvalue weighted by molar-refractivity contribution is 5.86. The molecule has 0 bridgehead atoms. The van der Waals surface area contributed by atoms with Gasteiger partial charge in [-0.3, -0.25) is 4.79 Å². The van der Waals surface area contributed by atoms with Crippen LogP contribution in [0.25, 0.3) is 0 Å². The lowest BCUT2D eigenvalue weighted by molar-refractivity contribution is -0.142. The van der Waals surface area contributed by atoms with Crippen LogP contribution in [0.15, 0.2) is 36.4 Å². The molecule has 4 nitrogen and oxygen atoms in total. The van der Waals surface area contributed by atoms with Crippen LogP contribution >= 0.6 is 0 Å². The fraction of sp³-hybridized carbons (Fsp3) is 0.316. The van der Waals surface area contributed by atoms with Crippen LogP contribution in [0.4, 0.5) is 0 Å². The Morgan fingerprint density at radius 3 is 1.70 bits per heavy atom. The number of aliphatic carboxylic acids is 1. The number of aromatic hydroxyl groups is 2. The van der Waals surface area contributed by atoms with Crippen molar-refractivity contribution in [1.82, 2.24) is 0 Å². The zero-order valence-electron chi connectivity index (χ0n) is 13.6. The highest BCUT2D eigenvalue weighted by Crippen LogP contribution is 2.40. The fourth-order valence-electron chi connectivity index (χ4n) is 3.03. The Balaban J connectivity index is 2.75. The molecule has 23 heavy (non-hydrogen) atoms. The van der Waals surface area contributed by atoms with E-state index in [1.807, 2.05) is 6.92 Å². The molecule has 0 heterocycles. The van der Waals surface area contributed by atoms with Crippen LogP contribution in [0.5, 0.6) is 11.5 Å². The van der Waals surface area contributed by atoms with Crippen molar-refractivity contribution in [2.75, 3.05) is 0 Å². The average molecular weight is 314 g/mol. The first-order chi connectivity index (χ1) is 10.8. The summed E-state index contributed by atoms with van der Waals surface area (Å²) in [6.45, 7) is 5.44. The van der Waals surface area contributed by atoms with Crippen molar-refractivity contribution in [3.05, 3.63) is 58.7 Å². The van der Waals surface area contributed by atoms with Gasteiger partial charge in [0, 0.05) is 0 Å². The number of benzene rings is 2. The van der Waals surface area contributed by atoms with E-state index >= 15 is 0 Å². The van der Waals surface area contributed by atoms with E-state index in [9.17, 15) is 20.1 Å². The van der Waals surface area contributed by atoms with E-state index in [1.54, 1.807) is 38.1 Å². The quantitative estimate of drug-likeness (QED) is 0.782. The van der Waals surface area contributed by atoms with E-state index in [0.717, 1.165) is 0 Å². The monoisotopic (exact) mass is 314 g/mol. The minimum absolute atomic E-state index is 0.145. The molecule has 0 amide bonds. The van der Waals surface area contributed by atoms with Crippen molar-refractivity contribution in [2.45, 2.75) is 39.0 Å². The minimum Gasteiger partial charge on any atom is -0.508 e. The van der Waals surface area contributed by atoms with Gasteiger partial charge in [-0.2, -0.15) is 0 Å².